The molecule has 0 aromatic carbocycles. The van der Waals surface area contributed by atoms with Crippen molar-refractivity contribution in [2.45, 2.75) is 71.5 Å². The van der Waals surface area contributed by atoms with Gasteiger partial charge in [-0.15, -0.1) is 0 Å². The second-order valence-corrected chi connectivity index (χ2v) is 6.10. The molecule has 0 bridgehead atoms. The molecule has 2 atom stereocenters. The maximum atomic E-state index is 5.29. The maximum Gasteiger partial charge on any atom is 0.0589 e. The van der Waals surface area contributed by atoms with Gasteiger partial charge in [0.05, 0.1) is 6.61 Å². The quantitative estimate of drug-likeness (QED) is 0.625. The molecule has 1 fully saturated rings. The molecule has 2 unspecified atom stereocenters. The zero-order valence-corrected chi connectivity index (χ0v) is 13.6. The Morgan fingerprint density at radius 3 is 2.32 bits per heavy atom. The van der Waals surface area contributed by atoms with Gasteiger partial charge in [-0.05, 0) is 45.1 Å². The van der Waals surface area contributed by atoms with Gasteiger partial charge in [0.1, 0.15) is 0 Å². The first kappa shape index (κ1) is 16.9. The molecule has 0 aromatic heterocycles. The second kappa shape index (κ2) is 8.93. The SMILES string of the molecule is CCC(CC)N(CCOC)C(C)C(C)CNC1CC1. The lowest BCUT2D eigenvalue weighted by atomic mass is 9.98. The highest BCUT2D eigenvalue weighted by Gasteiger charge is 2.27. The van der Waals surface area contributed by atoms with Crippen molar-refractivity contribution in [2.75, 3.05) is 26.8 Å². The average Bonchev–Trinajstić information content (AvgIpc) is 3.24. The van der Waals surface area contributed by atoms with Gasteiger partial charge in [0.15, 0.2) is 0 Å². The summed E-state index contributed by atoms with van der Waals surface area (Å²) in [5, 5.41) is 3.67. The number of methoxy groups -OCH3 is 1. The summed E-state index contributed by atoms with van der Waals surface area (Å²) in [6, 6.07) is 2.12. The van der Waals surface area contributed by atoms with Gasteiger partial charge >= 0.3 is 0 Å². The lowest BCUT2D eigenvalue weighted by Crippen LogP contribution is -2.48. The Morgan fingerprint density at radius 1 is 1.21 bits per heavy atom. The lowest BCUT2D eigenvalue weighted by Gasteiger charge is -2.38. The average molecular weight is 270 g/mol. The summed E-state index contributed by atoms with van der Waals surface area (Å²) in [5.74, 6) is 0.693. The fraction of sp³-hybridized carbons (Fsp3) is 1.00. The van der Waals surface area contributed by atoms with E-state index in [0.29, 0.717) is 18.0 Å². The van der Waals surface area contributed by atoms with Crippen LogP contribution >= 0.6 is 0 Å². The molecule has 0 spiro atoms. The molecular weight excluding hydrogens is 236 g/mol. The monoisotopic (exact) mass is 270 g/mol. The predicted octanol–water partition coefficient (Wildman–Crippen LogP) is 2.90. The van der Waals surface area contributed by atoms with E-state index in [-0.39, 0.29) is 0 Å². The second-order valence-electron chi connectivity index (χ2n) is 6.10. The van der Waals surface area contributed by atoms with Crippen LogP contribution < -0.4 is 5.32 Å². The van der Waals surface area contributed by atoms with Crippen LogP contribution in [0.2, 0.25) is 0 Å². The van der Waals surface area contributed by atoms with E-state index in [2.05, 4.69) is 37.9 Å². The molecule has 1 aliphatic rings. The molecule has 0 heterocycles. The van der Waals surface area contributed by atoms with Gasteiger partial charge in [-0.1, -0.05) is 20.8 Å². The van der Waals surface area contributed by atoms with Crippen molar-refractivity contribution < 1.29 is 4.74 Å². The Hall–Kier alpha value is -0.120. The van der Waals surface area contributed by atoms with Gasteiger partial charge in [-0.25, -0.2) is 0 Å². The van der Waals surface area contributed by atoms with Crippen molar-refractivity contribution in [3.8, 4) is 0 Å². The third-order valence-corrected chi connectivity index (χ3v) is 4.62. The van der Waals surface area contributed by atoms with E-state index in [1.165, 1.54) is 25.7 Å². The number of hydrogen-bond donors (Lipinski definition) is 1. The molecule has 0 amide bonds. The standard InChI is InChI=1S/C16H34N2O/c1-6-16(7-2)18(10-11-19-5)14(4)13(3)12-17-15-8-9-15/h13-17H,6-12H2,1-5H3. The van der Waals surface area contributed by atoms with E-state index in [1.54, 1.807) is 7.11 Å². The molecule has 19 heavy (non-hydrogen) atoms. The van der Waals surface area contributed by atoms with Crippen molar-refractivity contribution >= 4 is 0 Å². The minimum absolute atomic E-state index is 0.617. The molecule has 1 saturated carbocycles. The highest BCUT2D eigenvalue weighted by atomic mass is 16.5. The first-order valence-corrected chi connectivity index (χ1v) is 8.12. The molecule has 3 nitrogen and oxygen atoms in total. The lowest BCUT2D eigenvalue weighted by molar-refractivity contribution is 0.0643. The molecule has 1 rings (SSSR count). The molecule has 3 heteroatoms. The molecular formula is C16H34N2O. The van der Waals surface area contributed by atoms with Crippen LogP contribution in [0.3, 0.4) is 0 Å². The summed E-state index contributed by atoms with van der Waals surface area (Å²) < 4.78 is 5.29. The van der Waals surface area contributed by atoms with Gasteiger partial charge in [-0.3, -0.25) is 4.90 Å². The van der Waals surface area contributed by atoms with Crippen LogP contribution in [0.25, 0.3) is 0 Å². The van der Waals surface area contributed by atoms with Gasteiger partial charge in [0.25, 0.3) is 0 Å². The normalized spacial score (nSPS) is 19.1. The minimum atomic E-state index is 0.617. The van der Waals surface area contributed by atoms with Crippen molar-refractivity contribution in [1.82, 2.24) is 10.2 Å². The van der Waals surface area contributed by atoms with E-state index < -0.39 is 0 Å². The molecule has 1 N–H and O–H groups in total. The third kappa shape index (κ3) is 5.80. The predicted molar refractivity (Wildman–Crippen MR) is 82.6 cm³/mol. The Morgan fingerprint density at radius 2 is 1.84 bits per heavy atom. The Kier molecular flexibility index (Phi) is 7.96. The van der Waals surface area contributed by atoms with E-state index in [9.17, 15) is 0 Å². The molecule has 0 saturated heterocycles. The molecule has 1 aliphatic carbocycles. The Balaban J connectivity index is 2.48. The first-order valence-electron chi connectivity index (χ1n) is 8.12. The summed E-state index contributed by atoms with van der Waals surface area (Å²) in [5.41, 5.74) is 0. The van der Waals surface area contributed by atoms with Crippen LogP contribution in [-0.2, 0) is 4.74 Å². The van der Waals surface area contributed by atoms with Crippen LogP contribution in [0.15, 0.2) is 0 Å². The van der Waals surface area contributed by atoms with Crippen molar-refractivity contribution in [1.29, 1.82) is 0 Å². The first-order chi connectivity index (χ1) is 9.13. The minimum Gasteiger partial charge on any atom is -0.383 e. The smallest absolute Gasteiger partial charge is 0.0589 e. The van der Waals surface area contributed by atoms with Crippen molar-refractivity contribution in [3.63, 3.8) is 0 Å². The van der Waals surface area contributed by atoms with E-state index in [4.69, 9.17) is 4.74 Å². The largest absolute Gasteiger partial charge is 0.383 e. The van der Waals surface area contributed by atoms with Gasteiger partial charge in [0, 0.05) is 31.8 Å². The zero-order chi connectivity index (χ0) is 14.3. The summed E-state index contributed by atoms with van der Waals surface area (Å²) in [7, 11) is 1.80. The third-order valence-electron chi connectivity index (χ3n) is 4.62. The van der Waals surface area contributed by atoms with Crippen molar-refractivity contribution in [3.05, 3.63) is 0 Å². The van der Waals surface area contributed by atoms with Crippen LogP contribution in [0.4, 0.5) is 0 Å². The van der Waals surface area contributed by atoms with E-state index in [0.717, 1.165) is 25.7 Å². The maximum absolute atomic E-state index is 5.29. The molecule has 0 radical (unpaired) electrons. The summed E-state index contributed by atoms with van der Waals surface area (Å²) in [6.45, 7) is 12.4. The Labute approximate surface area is 120 Å². The highest BCUT2D eigenvalue weighted by Crippen LogP contribution is 2.21. The molecule has 114 valence electrons. The van der Waals surface area contributed by atoms with E-state index in [1.807, 2.05) is 0 Å². The number of nitrogens with zero attached hydrogens (tertiary/aromatic N) is 1. The number of hydrogen-bond acceptors (Lipinski definition) is 3. The van der Waals surface area contributed by atoms with Crippen LogP contribution in [0, 0.1) is 5.92 Å². The fourth-order valence-electron chi connectivity index (χ4n) is 2.81. The topological polar surface area (TPSA) is 24.5 Å². The number of ether oxygens (including phenoxy) is 1. The van der Waals surface area contributed by atoms with Crippen LogP contribution in [-0.4, -0.2) is 49.8 Å². The van der Waals surface area contributed by atoms with Crippen LogP contribution in [0.1, 0.15) is 53.4 Å². The van der Waals surface area contributed by atoms with Gasteiger partial charge in [-0.2, -0.15) is 0 Å². The Bertz CT molecular complexity index is 227. The van der Waals surface area contributed by atoms with Crippen molar-refractivity contribution in [2.24, 2.45) is 5.92 Å². The highest BCUT2D eigenvalue weighted by molar-refractivity contribution is 4.84. The van der Waals surface area contributed by atoms with E-state index >= 15 is 0 Å². The molecule has 0 aliphatic heterocycles. The zero-order valence-electron chi connectivity index (χ0n) is 13.6. The summed E-state index contributed by atoms with van der Waals surface area (Å²) >= 11 is 0. The number of rotatable bonds is 11. The molecule has 0 aromatic rings. The van der Waals surface area contributed by atoms with Crippen LogP contribution in [0.5, 0.6) is 0 Å². The summed E-state index contributed by atoms with van der Waals surface area (Å²) in [4.78, 5) is 2.66. The summed E-state index contributed by atoms with van der Waals surface area (Å²) in [6.07, 6.45) is 5.21. The number of nitrogens with one attached hydrogen (secondary N) is 1. The fourth-order valence-corrected chi connectivity index (χ4v) is 2.81. The van der Waals surface area contributed by atoms with Gasteiger partial charge < -0.3 is 10.1 Å². The van der Waals surface area contributed by atoms with Gasteiger partial charge in [0.2, 0.25) is 0 Å².